The van der Waals surface area contributed by atoms with Gasteiger partial charge in [-0.15, -0.1) is 0 Å². The monoisotopic (exact) mass is 298 g/mol. The van der Waals surface area contributed by atoms with Gasteiger partial charge >= 0.3 is 37.7 Å². The van der Waals surface area contributed by atoms with E-state index in [1.165, 1.54) is 0 Å². The van der Waals surface area contributed by atoms with Gasteiger partial charge in [0.1, 0.15) is 0 Å². The molecule has 0 radical (unpaired) electrons. The van der Waals surface area contributed by atoms with Crippen LogP contribution >= 0.6 is 0 Å². The first-order chi connectivity index (χ1) is 8.18. The average molecular weight is 298 g/mol. The summed E-state index contributed by atoms with van der Waals surface area (Å²) < 4.78 is 0. The fourth-order valence-corrected chi connectivity index (χ4v) is 0.521. The van der Waals surface area contributed by atoms with Crippen molar-refractivity contribution in [3.8, 4) is 0 Å². The molecule has 0 aromatic carbocycles. The number of carboxylic acid groups (broad SMARTS) is 2. The number of nitrogens with one attached hydrogen (secondary N) is 1. The van der Waals surface area contributed by atoms with Crippen LogP contribution in [0.4, 0.5) is 17.8 Å². The van der Waals surface area contributed by atoms with Crippen LogP contribution in [-0.2, 0) is 9.59 Å². The molecule has 0 spiro atoms. The molecular weight excluding hydrogens is 284 g/mol. The van der Waals surface area contributed by atoms with Gasteiger partial charge in [0.05, 0.1) is 0 Å². The second-order valence-corrected chi connectivity index (χ2v) is 2.61. The van der Waals surface area contributed by atoms with E-state index in [4.69, 9.17) is 31.3 Å². The second-order valence-electron chi connectivity index (χ2n) is 2.61. The predicted molar refractivity (Wildman–Crippen MR) is 65.3 cm³/mol. The molecular formula is C8H14CaN6O4. The number of aromatic nitrogens is 3. The number of hydrogen-bond acceptors (Lipinski definition) is 10. The maximum atomic E-state index is 8.89. The van der Waals surface area contributed by atoms with E-state index in [9.17, 15) is 0 Å². The fraction of sp³-hybridized carbons (Fsp3) is 0.375. The maximum Gasteiger partial charge on any atom is 2.00 e. The number of nitrogens with two attached hydrogens (primary N) is 2. The fourth-order valence-electron chi connectivity index (χ4n) is 0.521. The molecule has 1 aromatic rings. The van der Waals surface area contributed by atoms with Gasteiger partial charge in [0.25, 0.3) is 0 Å². The summed E-state index contributed by atoms with van der Waals surface area (Å²) in [5, 5.41) is 20.5. The van der Waals surface area contributed by atoms with Crippen LogP contribution in [-0.4, -0.2) is 71.7 Å². The summed E-state index contributed by atoms with van der Waals surface area (Å²) in [6.07, 6.45) is 0. The van der Waals surface area contributed by atoms with Gasteiger partial charge in [-0.05, 0) is 13.8 Å². The van der Waals surface area contributed by atoms with E-state index in [1.807, 2.05) is 0 Å². The number of rotatable bonds is 1. The van der Waals surface area contributed by atoms with Crippen molar-refractivity contribution in [1.29, 1.82) is 0 Å². The molecule has 1 aromatic heterocycles. The van der Waals surface area contributed by atoms with Crippen molar-refractivity contribution in [1.82, 2.24) is 15.0 Å². The molecule has 0 bridgehead atoms. The maximum absolute atomic E-state index is 8.89. The standard InChI is InChI=1S/C4H8N6.2C2H4O2.Ca/c1-7-4-9-2(5)8-3(6)10-4;2*1-2(3)4;/h1H3,(H5,5,6,7,8,9,10);2*1H3,(H,3,4);/q;;;+2/p-2. The summed E-state index contributed by atoms with van der Waals surface area (Å²) in [7, 11) is 1.67. The topological polar surface area (TPSA) is 183 Å². The molecule has 5 N–H and O–H groups in total. The summed E-state index contributed by atoms with van der Waals surface area (Å²) in [6.45, 7) is 1.94. The van der Waals surface area contributed by atoms with Crippen LogP contribution in [0.25, 0.3) is 0 Å². The van der Waals surface area contributed by atoms with Crippen molar-refractivity contribution >= 4 is 67.5 Å². The van der Waals surface area contributed by atoms with Crippen molar-refractivity contribution in [2.24, 2.45) is 0 Å². The Morgan fingerprint density at radius 2 is 1.26 bits per heavy atom. The second kappa shape index (κ2) is 13.1. The predicted octanol–water partition coefficient (Wildman–Crippen LogP) is -3.79. The van der Waals surface area contributed by atoms with Crippen LogP contribution in [0.2, 0.25) is 0 Å². The first-order valence-corrected chi connectivity index (χ1v) is 4.49. The Kier molecular flexibility index (Phi) is 15.6. The smallest absolute Gasteiger partial charge is 0.550 e. The van der Waals surface area contributed by atoms with Crippen LogP contribution in [0.1, 0.15) is 13.8 Å². The Morgan fingerprint density at radius 3 is 1.47 bits per heavy atom. The molecule has 0 aliphatic heterocycles. The minimum atomic E-state index is -1.08. The minimum Gasteiger partial charge on any atom is -0.550 e. The van der Waals surface area contributed by atoms with Crippen LogP contribution in [0, 0.1) is 0 Å². The van der Waals surface area contributed by atoms with Crippen LogP contribution in [0.15, 0.2) is 0 Å². The summed E-state index contributed by atoms with van der Waals surface area (Å²) >= 11 is 0. The van der Waals surface area contributed by atoms with Crippen LogP contribution in [0.3, 0.4) is 0 Å². The third-order valence-electron chi connectivity index (χ3n) is 0.894. The molecule has 0 aliphatic rings. The molecule has 1 heterocycles. The average Bonchev–Trinajstić information content (AvgIpc) is 2.14. The summed E-state index contributed by atoms with van der Waals surface area (Å²) in [5.41, 5.74) is 10.5. The Labute approximate surface area is 139 Å². The van der Waals surface area contributed by atoms with Crippen LogP contribution < -0.4 is 27.0 Å². The van der Waals surface area contributed by atoms with E-state index in [1.54, 1.807) is 7.05 Å². The molecule has 0 unspecified atom stereocenters. The van der Waals surface area contributed by atoms with Gasteiger partial charge in [0.15, 0.2) is 0 Å². The largest absolute Gasteiger partial charge is 2.00 e. The molecule has 0 amide bonds. The van der Waals surface area contributed by atoms with Gasteiger partial charge in [0.2, 0.25) is 17.8 Å². The number of nitrogens with zero attached hydrogens (tertiary/aromatic N) is 3. The number of carbonyl (C=O) groups is 2. The summed E-state index contributed by atoms with van der Waals surface area (Å²) in [4.78, 5) is 28.8. The van der Waals surface area contributed by atoms with Gasteiger partial charge in [-0.1, -0.05) is 0 Å². The Balaban J connectivity index is -0.000000242. The van der Waals surface area contributed by atoms with E-state index in [-0.39, 0.29) is 49.6 Å². The Bertz CT molecular complexity index is 363. The van der Waals surface area contributed by atoms with Crippen molar-refractivity contribution in [2.45, 2.75) is 13.8 Å². The third kappa shape index (κ3) is 22.3. The van der Waals surface area contributed by atoms with E-state index in [0.717, 1.165) is 13.8 Å². The van der Waals surface area contributed by atoms with Gasteiger partial charge in [-0.25, -0.2) is 0 Å². The van der Waals surface area contributed by atoms with E-state index in [0.29, 0.717) is 5.95 Å². The molecule has 102 valence electrons. The number of aliphatic carboxylic acids is 2. The first kappa shape index (κ1) is 22.8. The summed E-state index contributed by atoms with van der Waals surface area (Å²) in [5.74, 6) is -1.54. The molecule has 0 atom stereocenters. The molecule has 0 saturated heterocycles. The van der Waals surface area contributed by atoms with Crippen LogP contribution in [0.5, 0.6) is 0 Å². The van der Waals surface area contributed by atoms with E-state index >= 15 is 0 Å². The zero-order valence-corrected chi connectivity index (χ0v) is 13.0. The normalized spacial score (nSPS) is 7.53. The SMILES string of the molecule is CC(=O)[O-].CC(=O)[O-].CNc1nc(N)nc(N)n1.[Ca+2]. The molecule has 1 rings (SSSR count). The van der Waals surface area contributed by atoms with E-state index in [2.05, 4.69) is 20.3 Å². The minimum absolute atomic E-state index is 0. The zero-order chi connectivity index (χ0) is 14.7. The van der Waals surface area contributed by atoms with Crippen molar-refractivity contribution in [3.63, 3.8) is 0 Å². The number of nitrogen functional groups attached to an aromatic ring is 2. The van der Waals surface area contributed by atoms with Gasteiger partial charge in [0, 0.05) is 19.0 Å². The molecule has 11 heteroatoms. The molecule has 19 heavy (non-hydrogen) atoms. The van der Waals surface area contributed by atoms with Gasteiger partial charge in [-0.2, -0.15) is 15.0 Å². The molecule has 10 nitrogen and oxygen atoms in total. The number of hydrogen-bond donors (Lipinski definition) is 3. The zero-order valence-electron chi connectivity index (χ0n) is 10.8. The molecule has 0 aliphatic carbocycles. The summed E-state index contributed by atoms with van der Waals surface area (Å²) in [6, 6.07) is 0. The molecule has 0 fully saturated rings. The third-order valence-corrected chi connectivity index (χ3v) is 0.894. The Morgan fingerprint density at radius 1 is 1.00 bits per heavy atom. The van der Waals surface area contributed by atoms with E-state index < -0.39 is 11.9 Å². The van der Waals surface area contributed by atoms with Crippen molar-refractivity contribution < 1.29 is 19.8 Å². The number of carboxylic acids is 2. The van der Waals surface area contributed by atoms with Gasteiger partial charge in [-0.3, -0.25) is 0 Å². The molecule has 0 saturated carbocycles. The first-order valence-electron chi connectivity index (χ1n) is 4.49. The van der Waals surface area contributed by atoms with Crippen molar-refractivity contribution in [2.75, 3.05) is 23.8 Å². The van der Waals surface area contributed by atoms with Gasteiger partial charge < -0.3 is 36.6 Å². The number of carbonyl (C=O) groups excluding carboxylic acids is 2. The quantitative estimate of drug-likeness (QED) is 0.434. The number of anilines is 3. The van der Waals surface area contributed by atoms with Crippen molar-refractivity contribution in [3.05, 3.63) is 0 Å². The Hall–Kier alpha value is -1.39.